The average molecular weight is 266 g/mol. The second-order valence-corrected chi connectivity index (χ2v) is 7.25. The van der Waals surface area contributed by atoms with Crippen molar-refractivity contribution >= 4 is 5.78 Å². The summed E-state index contributed by atoms with van der Waals surface area (Å²) >= 11 is 0. The zero-order valence-electron chi connectivity index (χ0n) is 12.4. The van der Waals surface area contributed by atoms with Gasteiger partial charge in [-0.3, -0.25) is 4.79 Å². The molecule has 20 heavy (non-hydrogen) atoms. The lowest BCUT2D eigenvalue weighted by atomic mass is 9.62. The van der Waals surface area contributed by atoms with Gasteiger partial charge in [0.25, 0.3) is 0 Å². The lowest BCUT2D eigenvalue weighted by Gasteiger charge is -2.39. The molecule has 1 heteroatoms. The maximum Gasteiger partial charge on any atom is 0.144 e. The van der Waals surface area contributed by atoms with E-state index in [4.69, 9.17) is 0 Å². The van der Waals surface area contributed by atoms with Crippen molar-refractivity contribution in [2.75, 3.05) is 0 Å². The minimum atomic E-state index is -0.0350. The first kappa shape index (κ1) is 12.4. The highest BCUT2D eigenvalue weighted by atomic mass is 16.1. The van der Waals surface area contributed by atoms with E-state index < -0.39 is 0 Å². The van der Waals surface area contributed by atoms with E-state index in [-0.39, 0.29) is 5.41 Å². The summed E-state index contributed by atoms with van der Waals surface area (Å²) in [5.74, 6) is 1.63. The molecule has 1 saturated carbocycles. The number of carbonyl (C=O) groups excluding carboxylic acids is 1. The number of rotatable bonds is 1. The lowest BCUT2D eigenvalue weighted by Crippen LogP contribution is -2.42. The van der Waals surface area contributed by atoms with Crippen molar-refractivity contribution in [1.29, 1.82) is 0 Å². The second-order valence-electron chi connectivity index (χ2n) is 7.25. The molecule has 2 bridgehead atoms. The molecule has 2 atom stereocenters. The van der Waals surface area contributed by atoms with E-state index in [1.807, 2.05) is 0 Å². The Morgan fingerprint density at radius 3 is 2.75 bits per heavy atom. The Bertz CT molecular complexity index is 623. The number of hydrogen-bond acceptors (Lipinski definition) is 1. The molecule has 0 aromatic heterocycles. The predicted molar refractivity (Wildman–Crippen MR) is 80.8 cm³/mol. The van der Waals surface area contributed by atoms with E-state index in [1.54, 1.807) is 5.57 Å². The van der Waals surface area contributed by atoms with E-state index in [0.29, 0.717) is 24.0 Å². The third kappa shape index (κ3) is 1.52. The Hall–Kier alpha value is -1.37. The molecule has 3 aliphatic carbocycles. The van der Waals surface area contributed by atoms with Crippen molar-refractivity contribution < 1.29 is 4.79 Å². The molecule has 1 aromatic rings. The number of carbonyl (C=O) groups is 1. The molecule has 0 N–H and O–H groups in total. The molecule has 3 aliphatic rings. The Kier molecular flexibility index (Phi) is 2.52. The third-order valence-electron chi connectivity index (χ3n) is 5.85. The first-order valence-electron chi connectivity index (χ1n) is 7.92. The van der Waals surface area contributed by atoms with E-state index in [1.165, 1.54) is 23.1 Å². The predicted octanol–water partition coefficient (Wildman–Crippen LogP) is 4.20. The van der Waals surface area contributed by atoms with Crippen LogP contribution in [0.1, 0.15) is 55.7 Å². The van der Waals surface area contributed by atoms with E-state index in [2.05, 4.69) is 38.1 Å². The fraction of sp³-hybridized carbons (Fsp3) is 0.526. The van der Waals surface area contributed by atoms with Crippen molar-refractivity contribution in [3.63, 3.8) is 0 Å². The molecule has 4 rings (SSSR count). The SMILES string of the molecule is CC(C)c1cccc2c1CC(=O)C1(CC3=CCC1C3)C2. The highest BCUT2D eigenvalue weighted by molar-refractivity contribution is 5.91. The summed E-state index contributed by atoms with van der Waals surface area (Å²) < 4.78 is 0. The van der Waals surface area contributed by atoms with Gasteiger partial charge in [0, 0.05) is 11.8 Å². The zero-order chi connectivity index (χ0) is 13.9. The topological polar surface area (TPSA) is 17.1 Å². The van der Waals surface area contributed by atoms with Crippen LogP contribution in [0.25, 0.3) is 0 Å². The average Bonchev–Trinajstić information content (AvgIpc) is 3.00. The van der Waals surface area contributed by atoms with Crippen molar-refractivity contribution in [3.8, 4) is 0 Å². The van der Waals surface area contributed by atoms with Crippen molar-refractivity contribution in [2.45, 2.75) is 51.9 Å². The van der Waals surface area contributed by atoms with Gasteiger partial charge in [-0.1, -0.05) is 43.7 Å². The van der Waals surface area contributed by atoms with Gasteiger partial charge in [-0.2, -0.15) is 0 Å². The summed E-state index contributed by atoms with van der Waals surface area (Å²) in [7, 11) is 0. The van der Waals surface area contributed by atoms with Gasteiger partial charge in [-0.25, -0.2) is 0 Å². The van der Waals surface area contributed by atoms with Crippen molar-refractivity contribution in [2.24, 2.45) is 11.3 Å². The molecule has 1 nitrogen and oxygen atoms in total. The van der Waals surface area contributed by atoms with E-state index in [9.17, 15) is 4.79 Å². The summed E-state index contributed by atoms with van der Waals surface area (Å²) in [5, 5.41) is 0. The van der Waals surface area contributed by atoms with Gasteiger partial charge in [0.15, 0.2) is 0 Å². The van der Waals surface area contributed by atoms with E-state index in [0.717, 1.165) is 19.3 Å². The maximum absolute atomic E-state index is 12.9. The quantitative estimate of drug-likeness (QED) is 0.696. The third-order valence-corrected chi connectivity index (χ3v) is 5.85. The van der Waals surface area contributed by atoms with Crippen LogP contribution in [0.4, 0.5) is 0 Å². The molecule has 0 saturated heterocycles. The van der Waals surface area contributed by atoms with Crippen LogP contribution in [0, 0.1) is 11.3 Å². The first-order valence-corrected chi connectivity index (χ1v) is 7.92. The molecule has 1 spiro atoms. The van der Waals surface area contributed by atoms with Crippen LogP contribution in [0.3, 0.4) is 0 Å². The maximum atomic E-state index is 12.9. The van der Waals surface area contributed by atoms with Crippen LogP contribution in [0.5, 0.6) is 0 Å². The fourth-order valence-electron chi connectivity index (χ4n) is 4.79. The van der Waals surface area contributed by atoms with Crippen LogP contribution < -0.4 is 0 Å². The summed E-state index contributed by atoms with van der Waals surface area (Å²) in [4.78, 5) is 12.9. The molecule has 1 fully saturated rings. The normalized spacial score (nSPS) is 31.1. The van der Waals surface area contributed by atoms with Gasteiger partial charge in [0.2, 0.25) is 0 Å². The highest BCUT2D eigenvalue weighted by Crippen LogP contribution is 2.57. The summed E-state index contributed by atoms with van der Waals surface area (Å²) in [5.41, 5.74) is 5.69. The summed E-state index contributed by atoms with van der Waals surface area (Å²) in [6.07, 6.45) is 7.41. The first-order chi connectivity index (χ1) is 9.60. The minimum Gasteiger partial charge on any atom is -0.299 e. The molecule has 1 aromatic carbocycles. The standard InChI is InChI=1S/C19H22O/c1-12(2)16-5-3-4-14-11-19(18(20)9-17(14)16)10-13-6-7-15(19)8-13/h3-6,12,15H,7-11H2,1-2H3. The minimum absolute atomic E-state index is 0.0350. The molecule has 0 radical (unpaired) electrons. The van der Waals surface area contributed by atoms with Gasteiger partial charge < -0.3 is 0 Å². The van der Waals surface area contributed by atoms with Crippen LogP contribution >= 0.6 is 0 Å². The molecule has 104 valence electrons. The Balaban J connectivity index is 1.79. The Morgan fingerprint density at radius 1 is 1.25 bits per heavy atom. The largest absolute Gasteiger partial charge is 0.299 e. The Morgan fingerprint density at radius 2 is 2.10 bits per heavy atom. The zero-order valence-corrected chi connectivity index (χ0v) is 12.4. The number of allylic oxidation sites excluding steroid dienone is 2. The van der Waals surface area contributed by atoms with Crippen molar-refractivity contribution in [1.82, 2.24) is 0 Å². The van der Waals surface area contributed by atoms with Crippen LogP contribution in [-0.4, -0.2) is 5.78 Å². The van der Waals surface area contributed by atoms with Gasteiger partial charge in [0.1, 0.15) is 5.78 Å². The molecule has 0 amide bonds. The summed E-state index contributed by atoms with van der Waals surface area (Å²) in [6.45, 7) is 4.46. The van der Waals surface area contributed by atoms with Crippen LogP contribution in [0.15, 0.2) is 29.8 Å². The fourth-order valence-corrected chi connectivity index (χ4v) is 4.79. The van der Waals surface area contributed by atoms with Gasteiger partial charge in [-0.15, -0.1) is 0 Å². The molecule has 0 heterocycles. The monoisotopic (exact) mass is 266 g/mol. The second kappa shape index (κ2) is 4.07. The van der Waals surface area contributed by atoms with Gasteiger partial charge in [0.05, 0.1) is 0 Å². The van der Waals surface area contributed by atoms with Crippen LogP contribution in [-0.2, 0) is 17.6 Å². The molecule has 2 unspecified atom stereocenters. The van der Waals surface area contributed by atoms with E-state index >= 15 is 0 Å². The molecular formula is C19H22O. The number of benzene rings is 1. The number of hydrogen-bond donors (Lipinski definition) is 0. The molecule has 0 aliphatic heterocycles. The molecular weight excluding hydrogens is 244 g/mol. The van der Waals surface area contributed by atoms with Gasteiger partial charge >= 0.3 is 0 Å². The summed E-state index contributed by atoms with van der Waals surface area (Å²) in [6, 6.07) is 6.65. The number of fused-ring (bicyclic) bond motifs is 4. The van der Waals surface area contributed by atoms with Crippen molar-refractivity contribution in [3.05, 3.63) is 46.5 Å². The lowest BCUT2D eigenvalue weighted by molar-refractivity contribution is -0.131. The van der Waals surface area contributed by atoms with Gasteiger partial charge in [-0.05, 0) is 54.2 Å². The smallest absolute Gasteiger partial charge is 0.144 e. The number of ketones is 1. The van der Waals surface area contributed by atoms with Crippen LogP contribution in [0.2, 0.25) is 0 Å². The number of Topliss-reactive ketones (excluding diaryl/α,β-unsaturated/α-hetero) is 1. The highest BCUT2D eigenvalue weighted by Gasteiger charge is 2.53. The Labute approximate surface area is 121 Å².